The molecule has 0 saturated heterocycles. The Kier molecular flexibility index (Phi) is 6.74. The van der Waals surface area contributed by atoms with Crippen molar-refractivity contribution in [3.63, 3.8) is 0 Å². The van der Waals surface area contributed by atoms with Crippen LogP contribution < -0.4 is 9.46 Å². The molecule has 11 heteroatoms. The van der Waals surface area contributed by atoms with E-state index in [1.807, 2.05) is 23.0 Å². The molecule has 192 valence electrons. The summed E-state index contributed by atoms with van der Waals surface area (Å²) >= 11 is 0. The molecule has 1 saturated carbocycles. The van der Waals surface area contributed by atoms with Crippen molar-refractivity contribution >= 4 is 32.7 Å². The van der Waals surface area contributed by atoms with Crippen molar-refractivity contribution in [2.45, 2.75) is 51.6 Å². The predicted molar refractivity (Wildman–Crippen MR) is 135 cm³/mol. The van der Waals surface area contributed by atoms with Crippen molar-refractivity contribution in [3.8, 4) is 5.75 Å². The van der Waals surface area contributed by atoms with Gasteiger partial charge in [0.25, 0.3) is 0 Å². The van der Waals surface area contributed by atoms with Crippen molar-refractivity contribution in [2.24, 2.45) is 5.92 Å². The van der Waals surface area contributed by atoms with Crippen LogP contribution in [0, 0.1) is 5.92 Å². The molecule has 5 rings (SSSR count). The Labute approximate surface area is 210 Å². The summed E-state index contributed by atoms with van der Waals surface area (Å²) in [6, 6.07) is 3.66. The standard InChI is InChI=1S/C25H31N5O5S/c1-3-23(31)29-10-9-19-14-30(26-20(19)15-29)13-18-11-21(34-2)24-22(12-18)35-27-25(24)28-36(32,33)16-17-7-5-4-6-8-17/h3,11-12,14,17H,1,4-10,13,15-16H2,2H3,(H,27,28). The van der Waals surface area contributed by atoms with Crippen LogP contribution >= 0.6 is 0 Å². The summed E-state index contributed by atoms with van der Waals surface area (Å²) in [5.41, 5.74) is 3.29. The Morgan fingerprint density at radius 3 is 2.86 bits per heavy atom. The lowest BCUT2D eigenvalue weighted by atomic mass is 9.91. The van der Waals surface area contributed by atoms with Crippen LogP contribution in [-0.2, 0) is 34.3 Å². The zero-order valence-corrected chi connectivity index (χ0v) is 21.2. The SMILES string of the molecule is C=CC(=O)N1CCc2cn(Cc3cc(OC)c4c(NS(=O)(=O)CC5CCCCC5)noc4c3)nc2C1. The van der Waals surface area contributed by atoms with Gasteiger partial charge in [-0.2, -0.15) is 5.10 Å². The molecule has 10 nitrogen and oxygen atoms in total. The number of amides is 1. The number of fused-ring (bicyclic) bond motifs is 2. The van der Waals surface area contributed by atoms with Gasteiger partial charge in [-0.15, -0.1) is 0 Å². The number of hydrogen-bond acceptors (Lipinski definition) is 7. The number of carbonyl (C=O) groups excluding carboxylic acids is 1. The first kappa shape index (κ1) is 24.4. The summed E-state index contributed by atoms with van der Waals surface area (Å²) in [6.07, 6.45) is 9.26. The van der Waals surface area contributed by atoms with Gasteiger partial charge >= 0.3 is 0 Å². The lowest BCUT2D eigenvalue weighted by molar-refractivity contribution is -0.126. The fourth-order valence-electron chi connectivity index (χ4n) is 5.21. The third kappa shape index (κ3) is 5.11. The molecular weight excluding hydrogens is 482 g/mol. The molecule has 0 radical (unpaired) electrons. The predicted octanol–water partition coefficient (Wildman–Crippen LogP) is 3.47. The molecule has 36 heavy (non-hydrogen) atoms. The van der Waals surface area contributed by atoms with Crippen molar-refractivity contribution in [1.82, 2.24) is 19.8 Å². The first-order valence-corrected chi connectivity index (χ1v) is 13.9. The Balaban J connectivity index is 1.35. The molecule has 1 fully saturated rings. The van der Waals surface area contributed by atoms with E-state index in [-0.39, 0.29) is 23.4 Å². The van der Waals surface area contributed by atoms with E-state index < -0.39 is 10.0 Å². The fraction of sp³-hybridized carbons (Fsp3) is 0.480. The number of hydrogen-bond donors (Lipinski definition) is 1. The lowest BCUT2D eigenvalue weighted by Gasteiger charge is -2.24. The van der Waals surface area contributed by atoms with E-state index >= 15 is 0 Å². The Bertz CT molecular complexity index is 1390. The second-order valence-electron chi connectivity index (χ2n) is 9.60. The third-order valence-electron chi connectivity index (χ3n) is 7.00. The molecule has 0 unspecified atom stereocenters. The molecular formula is C25H31N5O5S. The van der Waals surface area contributed by atoms with Gasteiger partial charge in [-0.1, -0.05) is 31.0 Å². The largest absolute Gasteiger partial charge is 0.496 e. The highest BCUT2D eigenvalue weighted by Crippen LogP contribution is 2.35. The highest BCUT2D eigenvalue weighted by Gasteiger charge is 2.25. The van der Waals surface area contributed by atoms with E-state index in [2.05, 4.69) is 21.6 Å². The minimum Gasteiger partial charge on any atom is -0.496 e. The number of rotatable bonds is 8. The second-order valence-corrected chi connectivity index (χ2v) is 11.4. The number of methoxy groups -OCH3 is 1. The molecule has 0 spiro atoms. The second kappa shape index (κ2) is 9.96. The van der Waals surface area contributed by atoms with Gasteiger partial charge in [0, 0.05) is 12.7 Å². The number of ether oxygens (including phenoxy) is 1. The van der Waals surface area contributed by atoms with Crippen LogP contribution in [0.1, 0.15) is 48.9 Å². The number of anilines is 1. The first-order chi connectivity index (χ1) is 17.3. The van der Waals surface area contributed by atoms with Crippen LogP contribution in [-0.4, -0.2) is 53.6 Å². The summed E-state index contributed by atoms with van der Waals surface area (Å²) in [7, 11) is -2.04. The molecule has 3 heterocycles. The maximum Gasteiger partial charge on any atom is 0.246 e. The van der Waals surface area contributed by atoms with Crippen LogP contribution in [0.25, 0.3) is 11.0 Å². The van der Waals surface area contributed by atoms with E-state index in [4.69, 9.17) is 9.26 Å². The van der Waals surface area contributed by atoms with Crippen LogP contribution in [0.15, 0.2) is 35.5 Å². The zero-order valence-electron chi connectivity index (χ0n) is 20.4. The van der Waals surface area contributed by atoms with Gasteiger partial charge in [0.05, 0.1) is 31.6 Å². The summed E-state index contributed by atoms with van der Waals surface area (Å²) in [5, 5.41) is 9.16. The Morgan fingerprint density at radius 2 is 2.11 bits per heavy atom. The summed E-state index contributed by atoms with van der Waals surface area (Å²) in [5.74, 6) is 0.775. The number of carbonyl (C=O) groups is 1. The smallest absolute Gasteiger partial charge is 0.246 e. The van der Waals surface area contributed by atoms with E-state index in [0.717, 1.165) is 48.9 Å². The minimum absolute atomic E-state index is 0.0849. The summed E-state index contributed by atoms with van der Waals surface area (Å²) in [4.78, 5) is 13.7. The number of nitrogens with one attached hydrogen (secondary N) is 1. The van der Waals surface area contributed by atoms with Crippen LogP contribution in [0.5, 0.6) is 5.75 Å². The average molecular weight is 514 g/mol. The van der Waals surface area contributed by atoms with Crippen LogP contribution in [0.4, 0.5) is 5.82 Å². The molecule has 1 N–H and O–H groups in total. The monoisotopic (exact) mass is 513 g/mol. The normalized spacial score (nSPS) is 16.6. The highest BCUT2D eigenvalue weighted by molar-refractivity contribution is 7.92. The summed E-state index contributed by atoms with van der Waals surface area (Å²) < 4.78 is 41.2. The van der Waals surface area contributed by atoms with E-state index in [1.54, 1.807) is 4.90 Å². The van der Waals surface area contributed by atoms with E-state index in [9.17, 15) is 13.2 Å². The number of sulfonamides is 1. The minimum atomic E-state index is -3.57. The van der Waals surface area contributed by atoms with Crippen molar-refractivity contribution in [3.05, 3.63) is 47.8 Å². The fourth-order valence-corrected chi connectivity index (χ4v) is 6.68. The van der Waals surface area contributed by atoms with Gasteiger partial charge in [0.2, 0.25) is 15.9 Å². The average Bonchev–Trinajstić information content (AvgIpc) is 3.45. The number of benzene rings is 1. The Morgan fingerprint density at radius 1 is 1.31 bits per heavy atom. The van der Waals surface area contributed by atoms with Gasteiger partial charge in [-0.3, -0.25) is 14.2 Å². The Hall–Kier alpha value is -3.34. The molecule has 1 aromatic carbocycles. The quantitative estimate of drug-likeness (QED) is 0.458. The summed E-state index contributed by atoms with van der Waals surface area (Å²) in [6.45, 7) is 5.12. The molecule has 3 aromatic rings. The number of nitrogens with zero attached hydrogens (tertiary/aromatic N) is 4. The van der Waals surface area contributed by atoms with Gasteiger partial charge in [0.1, 0.15) is 11.1 Å². The van der Waals surface area contributed by atoms with Crippen LogP contribution in [0.3, 0.4) is 0 Å². The lowest BCUT2D eigenvalue weighted by Crippen LogP contribution is -2.34. The molecule has 2 aromatic heterocycles. The van der Waals surface area contributed by atoms with Crippen LogP contribution in [0.2, 0.25) is 0 Å². The highest BCUT2D eigenvalue weighted by atomic mass is 32.2. The van der Waals surface area contributed by atoms with E-state index in [1.165, 1.54) is 19.6 Å². The van der Waals surface area contributed by atoms with Gasteiger partial charge in [-0.25, -0.2) is 8.42 Å². The molecule has 1 aliphatic carbocycles. The molecule has 1 amide bonds. The number of aromatic nitrogens is 3. The molecule has 1 aliphatic heterocycles. The van der Waals surface area contributed by atoms with Gasteiger partial charge in [-0.05, 0) is 54.5 Å². The first-order valence-electron chi connectivity index (χ1n) is 12.3. The van der Waals surface area contributed by atoms with Crippen molar-refractivity contribution in [2.75, 3.05) is 24.1 Å². The van der Waals surface area contributed by atoms with Gasteiger partial charge in [0.15, 0.2) is 11.4 Å². The third-order valence-corrected chi connectivity index (χ3v) is 8.41. The van der Waals surface area contributed by atoms with Gasteiger partial charge < -0.3 is 14.2 Å². The topological polar surface area (TPSA) is 120 Å². The molecule has 2 aliphatic rings. The van der Waals surface area contributed by atoms with Crippen molar-refractivity contribution < 1.29 is 22.5 Å². The van der Waals surface area contributed by atoms with E-state index in [0.29, 0.717) is 36.4 Å². The molecule has 0 atom stereocenters. The maximum atomic E-state index is 12.8. The molecule has 0 bridgehead atoms. The van der Waals surface area contributed by atoms with Crippen molar-refractivity contribution in [1.29, 1.82) is 0 Å². The zero-order chi connectivity index (χ0) is 25.3. The maximum absolute atomic E-state index is 12.8.